The zero-order valence-electron chi connectivity index (χ0n) is 35.1. The molecule has 0 unspecified atom stereocenters. The second-order valence-corrected chi connectivity index (χ2v) is 15.4. The van der Waals surface area contributed by atoms with Gasteiger partial charge in [-0.25, -0.2) is 0 Å². The highest BCUT2D eigenvalue weighted by atomic mass is 15.1. The minimum atomic E-state index is 0.976. The number of para-hydroxylation sites is 2. The van der Waals surface area contributed by atoms with Crippen molar-refractivity contribution in [3.05, 3.63) is 239 Å². The molecule has 0 aromatic heterocycles. The standard InChI is InChI=1S/C58H52N2/c1-5-49-41-43(3)17-39-57(49)59(53-13-9-7-10-14-53)55-35-27-47(28-36-55)21-19-45-23-31-51(32-24-45)52-33-25-46(26-34-52)20-22-48-29-37-56(38-30-48)60(54-15-11-8-12-16-54)58-40-18-44(4)42-50(58)6-2/h7-42H,5-6H2,1-4H3/b21-19+,22-20+. The van der Waals surface area contributed by atoms with Crippen LogP contribution in [0.1, 0.15) is 58.4 Å². The van der Waals surface area contributed by atoms with Crippen molar-refractivity contribution in [1.29, 1.82) is 0 Å². The third-order valence-electron chi connectivity index (χ3n) is 11.1. The van der Waals surface area contributed by atoms with Gasteiger partial charge in [0.25, 0.3) is 0 Å². The van der Waals surface area contributed by atoms with Crippen LogP contribution in [0.4, 0.5) is 34.1 Å². The number of rotatable bonds is 13. The van der Waals surface area contributed by atoms with Gasteiger partial charge in [0, 0.05) is 34.1 Å². The van der Waals surface area contributed by atoms with Crippen LogP contribution in [0.25, 0.3) is 35.4 Å². The molecule has 0 saturated heterocycles. The number of nitrogens with zero attached hydrogens (tertiary/aromatic N) is 2. The number of anilines is 6. The molecule has 0 fully saturated rings. The van der Waals surface area contributed by atoms with Crippen molar-refractivity contribution in [3.8, 4) is 11.1 Å². The average Bonchev–Trinajstić information content (AvgIpc) is 3.30. The van der Waals surface area contributed by atoms with Crippen LogP contribution in [-0.2, 0) is 12.8 Å². The number of hydrogen-bond donors (Lipinski definition) is 0. The average molecular weight is 777 g/mol. The van der Waals surface area contributed by atoms with Gasteiger partial charge >= 0.3 is 0 Å². The molecule has 0 aliphatic heterocycles. The molecule has 2 heteroatoms. The largest absolute Gasteiger partial charge is 0.310 e. The molecule has 0 atom stereocenters. The van der Waals surface area contributed by atoms with E-state index in [0.717, 1.165) is 46.7 Å². The summed E-state index contributed by atoms with van der Waals surface area (Å²) in [6.45, 7) is 8.78. The number of benzene rings is 8. The first-order valence-corrected chi connectivity index (χ1v) is 21.1. The molecule has 0 aliphatic rings. The predicted molar refractivity (Wildman–Crippen MR) is 260 cm³/mol. The first kappa shape index (κ1) is 39.7. The van der Waals surface area contributed by atoms with Crippen LogP contribution in [0.5, 0.6) is 0 Å². The monoisotopic (exact) mass is 776 g/mol. The van der Waals surface area contributed by atoms with Crippen LogP contribution in [0.15, 0.2) is 194 Å². The summed E-state index contributed by atoms with van der Waals surface area (Å²) in [7, 11) is 0. The highest BCUT2D eigenvalue weighted by molar-refractivity contribution is 5.82. The summed E-state index contributed by atoms with van der Waals surface area (Å²) >= 11 is 0. The van der Waals surface area contributed by atoms with E-state index in [1.165, 1.54) is 55.9 Å². The molecule has 60 heavy (non-hydrogen) atoms. The summed E-state index contributed by atoms with van der Waals surface area (Å²) in [5, 5.41) is 0. The quantitative estimate of drug-likeness (QED) is 0.108. The summed E-state index contributed by atoms with van der Waals surface area (Å²) in [5.41, 5.74) is 19.4. The van der Waals surface area contributed by atoms with E-state index in [0.29, 0.717) is 0 Å². The Kier molecular flexibility index (Phi) is 12.3. The lowest BCUT2D eigenvalue weighted by Gasteiger charge is -2.28. The first-order valence-electron chi connectivity index (χ1n) is 21.1. The fourth-order valence-electron chi connectivity index (χ4n) is 7.87. The fourth-order valence-corrected chi connectivity index (χ4v) is 7.87. The molecule has 8 aromatic carbocycles. The van der Waals surface area contributed by atoms with Gasteiger partial charge in [-0.1, -0.05) is 183 Å². The van der Waals surface area contributed by atoms with Crippen molar-refractivity contribution in [2.24, 2.45) is 0 Å². The molecule has 0 bridgehead atoms. The summed E-state index contributed by atoms with van der Waals surface area (Å²) in [5.74, 6) is 0. The zero-order valence-corrected chi connectivity index (χ0v) is 35.1. The molecule has 0 spiro atoms. The molecule has 2 nitrogen and oxygen atoms in total. The van der Waals surface area contributed by atoms with E-state index in [1.54, 1.807) is 0 Å². The topological polar surface area (TPSA) is 6.48 Å². The lowest BCUT2D eigenvalue weighted by atomic mass is 10.0. The smallest absolute Gasteiger partial charge is 0.0493 e. The van der Waals surface area contributed by atoms with Gasteiger partial charge in [0.15, 0.2) is 0 Å². The third kappa shape index (κ3) is 9.25. The van der Waals surface area contributed by atoms with Gasteiger partial charge in [0.2, 0.25) is 0 Å². The molecular weight excluding hydrogens is 725 g/mol. The Hall–Kier alpha value is -7.16. The van der Waals surface area contributed by atoms with Crippen molar-refractivity contribution in [2.45, 2.75) is 40.5 Å². The number of aryl methyl sites for hydroxylation is 4. The van der Waals surface area contributed by atoms with Gasteiger partial charge < -0.3 is 9.80 Å². The Morgan fingerprint density at radius 3 is 0.950 bits per heavy atom. The van der Waals surface area contributed by atoms with Gasteiger partial charge in [-0.2, -0.15) is 0 Å². The summed E-state index contributed by atoms with van der Waals surface area (Å²) in [4.78, 5) is 4.72. The van der Waals surface area contributed by atoms with E-state index in [4.69, 9.17) is 0 Å². The van der Waals surface area contributed by atoms with Gasteiger partial charge in [-0.3, -0.25) is 0 Å². The molecule has 0 saturated carbocycles. The molecule has 0 aliphatic carbocycles. The van der Waals surface area contributed by atoms with Gasteiger partial charge in [-0.15, -0.1) is 0 Å². The van der Waals surface area contributed by atoms with Crippen LogP contribution in [0.2, 0.25) is 0 Å². The lowest BCUT2D eigenvalue weighted by Crippen LogP contribution is -2.12. The van der Waals surface area contributed by atoms with Crippen molar-refractivity contribution < 1.29 is 0 Å². The molecule has 0 amide bonds. The van der Waals surface area contributed by atoms with Crippen LogP contribution < -0.4 is 9.80 Å². The van der Waals surface area contributed by atoms with E-state index in [9.17, 15) is 0 Å². The SMILES string of the molecule is CCc1cc(C)ccc1N(c1ccccc1)c1ccc(/C=C/c2ccc(-c3ccc(/C=C/c4ccc(N(c5ccccc5)c5ccc(C)cc5CC)cc4)cc3)cc2)cc1. The molecule has 0 heterocycles. The normalized spacial score (nSPS) is 11.3. The Bertz CT molecular complexity index is 2500. The Morgan fingerprint density at radius 1 is 0.333 bits per heavy atom. The Labute approximate surface area is 357 Å². The molecular formula is C58H52N2. The maximum Gasteiger partial charge on any atom is 0.0493 e. The van der Waals surface area contributed by atoms with E-state index < -0.39 is 0 Å². The van der Waals surface area contributed by atoms with Gasteiger partial charge in [0.05, 0.1) is 0 Å². The highest BCUT2D eigenvalue weighted by Gasteiger charge is 2.17. The van der Waals surface area contributed by atoms with Crippen molar-refractivity contribution in [3.63, 3.8) is 0 Å². The van der Waals surface area contributed by atoms with Crippen LogP contribution in [0, 0.1) is 13.8 Å². The maximum absolute atomic E-state index is 2.36. The van der Waals surface area contributed by atoms with E-state index in [1.807, 2.05) is 0 Å². The molecule has 294 valence electrons. The summed E-state index contributed by atoms with van der Waals surface area (Å²) in [6, 6.07) is 70.1. The zero-order chi connectivity index (χ0) is 41.3. The molecule has 0 radical (unpaired) electrons. The van der Waals surface area contributed by atoms with E-state index >= 15 is 0 Å². The maximum atomic E-state index is 2.36. The summed E-state index contributed by atoms with van der Waals surface area (Å²) in [6.07, 6.45) is 10.7. The lowest BCUT2D eigenvalue weighted by molar-refractivity contribution is 1.11. The summed E-state index contributed by atoms with van der Waals surface area (Å²) < 4.78 is 0. The first-order chi connectivity index (χ1) is 29.4. The third-order valence-corrected chi connectivity index (χ3v) is 11.1. The van der Waals surface area contributed by atoms with Crippen LogP contribution in [0.3, 0.4) is 0 Å². The highest BCUT2D eigenvalue weighted by Crippen LogP contribution is 2.39. The molecule has 8 aromatic rings. The number of hydrogen-bond acceptors (Lipinski definition) is 2. The fraction of sp³-hybridized carbons (Fsp3) is 0.103. The minimum absolute atomic E-state index is 0.976. The van der Waals surface area contributed by atoms with E-state index in [2.05, 4.69) is 256 Å². The van der Waals surface area contributed by atoms with Crippen LogP contribution >= 0.6 is 0 Å². The van der Waals surface area contributed by atoms with Crippen molar-refractivity contribution in [1.82, 2.24) is 0 Å². The van der Waals surface area contributed by atoms with Gasteiger partial charge in [-0.05, 0) is 132 Å². The second kappa shape index (κ2) is 18.6. The molecule has 8 rings (SSSR count). The van der Waals surface area contributed by atoms with E-state index in [-0.39, 0.29) is 0 Å². The van der Waals surface area contributed by atoms with Gasteiger partial charge in [0.1, 0.15) is 0 Å². The Morgan fingerprint density at radius 2 is 0.633 bits per heavy atom. The van der Waals surface area contributed by atoms with Crippen molar-refractivity contribution in [2.75, 3.05) is 9.80 Å². The second-order valence-electron chi connectivity index (χ2n) is 15.4. The molecule has 0 N–H and O–H groups in total. The van der Waals surface area contributed by atoms with Crippen LogP contribution in [-0.4, -0.2) is 0 Å². The Balaban J connectivity index is 0.921. The predicted octanol–water partition coefficient (Wildman–Crippen LogP) is 16.4. The minimum Gasteiger partial charge on any atom is -0.310 e. The van der Waals surface area contributed by atoms with Crippen molar-refractivity contribution >= 4 is 58.4 Å².